The molecule has 2 aromatic heterocycles. The highest BCUT2D eigenvalue weighted by Gasteiger charge is 2.19. The lowest BCUT2D eigenvalue weighted by Gasteiger charge is -2.28. The molecule has 0 bridgehead atoms. The highest BCUT2D eigenvalue weighted by Crippen LogP contribution is 2.35. The number of thiophene rings is 1. The molecule has 1 aliphatic heterocycles. The van der Waals surface area contributed by atoms with E-state index < -0.39 is 5.91 Å². The fourth-order valence-corrected chi connectivity index (χ4v) is 3.31. The normalized spacial score (nSPS) is 15.9. The van der Waals surface area contributed by atoms with Crippen LogP contribution in [-0.4, -0.2) is 37.2 Å². The van der Waals surface area contributed by atoms with Crippen LogP contribution in [0.15, 0.2) is 12.1 Å². The first-order valence-corrected chi connectivity index (χ1v) is 7.07. The van der Waals surface area contributed by atoms with Gasteiger partial charge in [-0.2, -0.15) is 0 Å². The number of pyridine rings is 1. The summed E-state index contributed by atoms with van der Waals surface area (Å²) in [5.74, 6) is 0.235. The lowest BCUT2D eigenvalue weighted by molar-refractivity contribution is 0.0995. The second-order valence-corrected chi connectivity index (χ2v) is 5.97. The van der Waals surface area contributed by atoms with Crippen LogP contribution in [0.5, 0.6) is 0 Å². The van der Waals surface area contributed by atoms with Crippen molar-refractivity contribution in [3.63, 3.8) is 0 Å². The number of hydrogen-bond acceptors (Lipinski definition) is 5. The number of aromatic nitrogens is 1. The van der Waals surface area contributed by atoms with Crippen molar-refractivity contribution in [2.45, 2.75) is 0 Å². The van der Waals surface area contributed by atoms with E-state index in [0.29, 0.717) is 17.6 Å². The molecule has 3 heterocycles. The van der Waals surface area contributed by atoms with Gasteiger partial charge in [0.15, 0.2) is 0 Å². The maximum atomic E-state index is 11.4. The van der Waals surface area contributed by atoms with Gasteiger partial charge in [-0.05, 0) is 12.1 Å². The molecule has 1 amide bonds. The van der Waals surface area contributed by atoms with Crippen molar-refractivity contribution in [2.24, 2.45) is 5.73 Å². The topological polar surface area (TPSA) is 68.5 Å². The van der Waals surface area contributed by atoms with Crippen molar-refractivity contribution < 1.29 is 9.53 Å². The largest absolute Gasteiger partial charge is 0.378 e. The minimum absolute atomic E-state index is 0.271. The number of morpholine rings is 1. The van der Waals surface area contributed by atoms with Crippen molar-refractivity contribution >= 4 is 44.7 Å². The fourth-order valence-electron chi connectivity index (χ4n) is 2.13. The van der Waals surface area contributed by atoms with Crippen LogP contribution in [0.25, 0.3) is 10.1 Å². The van der Waals surface area contributed by atoms with E-state index in [-0.39, 0.29) is 5.69 Å². The molecule has 3 rings (SSSR count). The third kappa shape index (κ3) is 2.39. The molecule has 7 heteroatoms. The molecule has 0 aromatic carbocycles. The van der Waals surface area contributed by atoms with Crippen LogP contribution >= 0.6 is 22.9 Å². The van der Waals surface area contributed by atoms with Crippen LogP contribution < -0.4 is 10.6 Å². The SMILES string of the molecule is NC(=O)c1cc2sc(Cl)cc2c(N2CCOCC2)n1. The molecule has 1 fully saturated rings. The summed E-state index contributed by atoms with van der Waals surface area (Å²) < 4.78 is 6.93. The van der Waals surface area contributed by atoms with E-state index in [0.717, 1.165) is 29.0 Å². The van der Waals surface area contributed by atoms with Gasteiger partial charge >= 0.3 is 0 Å². The Kier molecular flexibility index (Phi) is 3.30. The van der Waals surface area contributed by atoms with E-state index in [2.05, 4.69) is 9.88 Å². The molecular weight excluding hydrogens is 286 g/mol. The predicted octanol–water partition coefficient (Wildman–Crippen LogP) is 1.89. The van der Waals surface area contributed by atoms with Gasteiger partial charge in [-0.1, -0.05) is 11.6 Å². The van der Waals surface area contributed by atoms with Crippen LogP contribution in [0.4, 0.5) is 5.82 Å². The van der Waals surface area contributed by atoms with E-state index in [4.69, 9.17) is 22.1 Å². The molecule has 19 heavy (non-hydrogen) atoms. The minimum atomic E-state index is -0.527. The first-order valence-electron chi connectivity index (χ1n) is 5.88. The Bertz CT molecular complexity index is 637. The maximum Gasteiger partial charge on any atom is 0.267 e. The van der Waals surface area contributed by atoms with Gasteiger partial charge in [-0.25, -0.2) is 4.98 Å². The molecule has 1 saturated heterocycles. The molecule has 100 valence electrons. The van der Waals surface area contributed by atoms with E-state index in [1.165, 1.54) is 11.3 Å². The fraction of sp³-hybridized carbons (Fsp3) is 0.333. The van der Waals surface area contributed by atoms with Crippen molar-refractivity contribution in [2.75, 3.05) is 31.2 Å². The minimum Gasteiger partial charge on any atom is -0.378 e. The first-order chi connectivity index (χ1) is 9.15. The van der Waals surface area contributed by atoms with Crippen molar-refractivity contribution in [1.29, 1.82) is 0 Å². The number of rotatable bonds is 2. The number of fused-ring (bicyclic) bond motifs is 1. The van der Waals surface area contributed by atoms with Crippen LogP contribution in [0.2, 0.25) is 4.34 Å². The molecule has 0 aliphatic carbocycles. The standard InChI is InChI=1S/C12H12ClN3O2S/c13-10-5-7-9(19-10)6-8(11(14)17)15-12(7)16-1-3-18-4-2-16/h5-6H,1-4H2,(H2,14,17). The summed E-state index contributed by atoms with van der Waals surface area (Å²) in [5, 5.41) is 0.960. The average Bonchev–Trinajstić information content (AvgIpc) is 2.78. The van der Waals surface area contributed by atoms with E-state index in [9.17, 15) is 4.79 Å². The third-order valence-corrected chi connectivity index (χ3v) is 4.24. The maximum absolute atomic E-state index is 11.4. The lowest BCUT2D eigenvalue weighted by Crippen LogP contribution is -2.37. The molecule has 2 N–H and O–H groups in total. The summed E-state index contributed by atoms with van der Waals surface area (Å²) in [5.41, 5.74) is 5.61. The number of anilines is 1. The van der Waals surface area contributed by atoms with E-state index in [1.54, 1.807) is 6.07 Å². The van der Waals surface area contributed by atoms with Gasteiger partial charge in [-0.15, -0.1) is 11.3 Å². The molecule has 0 unspecified atom stereocenters. The average molecular weight is 298 g/mol. The second kappa shape index (κ2) is 4.96. The van der Waals surface area contributed by atoms with Crippen LogP contribution in [0, 0.1) is 0 Å². The van der Waals surface area contributed by atoms with Gasteiger partial charge in [0, 0.05) is 23.2 Å². The smallest absolute Gasteiger partial charge is 0.267 e. The van der Waals surface area contributed by atoms with E-state index >= 15 is 0 Å². The number of amides is 1. The number of halogens is 1. The highest BCUT2D eigenvalue weighted by atomic mass is 35.5. The van der Waals surface area contributed by atoms with Crippen LogP contribution in [-0.2, 0) is 4.74 Å². The number of hydrogen-bond donors (Lipinski definition) is 1. The quantitative estimate of drug-likeness (QED) is 0.919. The Morgan fingerprint density at radius 3 is 2.84 bits per heavy atom. The van der Waals surface area contributed by atoms with Gasteiger partial charge in [0.1, 0.15) is 11.5 Å². The summed E-state index contributed by atoms with van der Waals surface area (Å²) in [4.78, 5) is 17.9. The predicted molar refractivity (Wildman–Crippen MR) is 76.2 cm³/mol. The summed E-state index contributed by atoms with van der Waals surface area (Å²) >= 11 is 7.48. The van der Waals surface area contributed by atoms with Gasteiger partial charge < -0.3 is 15.4 Å². The molecule has 2 aromatic rings. The zero-order valence-corrected chi connectivity index (χ0v) is 11.6. The zero-order chi connectivity index (χ0) is 13.4. The molecule has 0 saturated carbocycles. The molecule has 1 aliphatic rings. The number of ether oxygens (including phenoxy) is 1. The first kappa shape index (κ1) is 12.7. The van der Waals surface area contributed by atoms with Gasteiger partial charge in [0.05, 0.1) is 17.6 Å². The molecule has 0 radical (unpaired) electrons. The Morgan fingerprint density at radius 1 is 1.42 bits per heavy atom. The van der Waals surface area contributed by atoms with Gasteiger partial charge in [0.2, 0.25) is 0 Å². The van der Waals surface area contributed by atoms with Gasteiger partial charge in [-0.3, -0.25) is 4.79 Å². The Labute approximate surface area is 118 Å². The summed E-state index contributed by atoms with van der Waals surface area (Å²) in [6.07, 6.45) is 0. The lowest BCUT2D eigenvalue weighted by atomic mass is 10.2. The monoisotopic (exact) mass is 297 g/mol. The second-order valence-electron chi connectivity index (χ2n) is 4.26. The molecular formula is C12H12ClN3O2S. The summed E-state index contributed by atoms with van der Waals surface area (Å²) in [6, 6.07) is 3.57. The summed E-state index contributed by atoms with van der Waals surface area (Å²) in [6.45, 7) is 2.80. The number of carbonyl (C=O) groups is 1. The highest BCUT2D eigenvalue weighted by molar-refractivity contribution is 7.22. The number of carbonyl (C=O) groups excluding carboxylic acids is 1. The molecule has 0 atom stereocenters. The van der Waals surface area contributed by atoms with Crippen LogP contribution in [0.1, 0.15) is 10.5 Å². The van der Waals surface area contributed by atoms with Crippen LogP contribution in [0.3, 0.4) is 0 Å². The number of nitrogens with two attached hydrogens (primary N) is 1. The Morgan fingerprint density at radius 2 is 2.16 bits per heavy atom. The number of nitrogens with zero attached hydrogens (tertiary/aromatic N) is 2. The zero-order valence-electron chi connectivity index (χ0n) is 10.1. The molecule has 0 spiro atoms. The Hall–Kier alpha value is -1.37. The van der Waals surface area contributed by atoms with Crippen molar-refractivity contribution in [3.05, 3.63) is 22.2 Å². The van der Waals surface area contributed by atoms with Crippen molar-refractivity contribution in [1.82, 2.24) is 4.98 Å². The number of primary amides is 1. The van der Waals surface area contributed by atoms with Crippen molar-refractivity contribution in [3.8, 4) is 0 Å². The molecule has 5 nitrogen and oxygen atoms in total. The van der Waals surface area contributed by atoms with E-state index in [1.807, 2.05) is 6.07 Å². The summed E-state index contributed by atoms with van der Waals surface area (Å²) in [7, 11) is 0. The van der Waals surface area contributed by atoms with Gasteiger partial charge in [0.25, 0.3) is 5.91 Å². The Balaban J connectivity index is 2.16. The third-order valence-electron chi connectivity index (χ3n) is 3.03.